The molecular formula is C16H18N4O2. The monoisotopic (exact) mass is 298 g/mol. The summed E-state index contributed by atoms with van der Waals surface area (Å²) in [6.07, 6.45) is 7.13. The molecule has 3 heterocycles. The summed E-state index contributed by atoms with van der Waals surface area (Å²) in [6, 6.07) is 3.64. The molecule has 0 fully saturated rings. The van der Waals surface area contributed by atoms with E-state index in [2.05, 4.69) is 16.0 Å². The largest absolute Gasteiger partial charge is 0.380 e. The topological polar surface area (TPSA) is 81.3 Å². The van der Waals surface area contributed by atoms with E-state index in [0.29, 0.717) is 19.0 Å². The number of hydrogen-bond donors (Lipinski definition) is 1. The number of hydrogen-bond acceptors (Lipinski definition) is 4. The van der Waals surface area contributed by atoms with Crippen molar-refractivity contribution < 1.29 is 9.53 Å². The van der Waals surface area contributed by atoms with Crippen LogP contribution >= 0.6 is 0 Å². The highest BCUT2D eigenvalue weighted by Crippen LogP contribution is 2.29. The molecule has 0 unspecified atom stereocenters. The smallest absolute Gasteiger partial charge is 0.320 e. The van der Waals surface area contributed by atoms with Gasteiger partial charge in [0, 0.05) is 43.4 Å². The van der Waals surface area contributed by atoms with Crippen molar-refractivity contribution in [3.8, 4) is 11.1 Å². The van der Waals surface area contributed by atoms with Crippen LogP contribution in [0.15, 0.2) is 30.7 Å². The van der Waals surface area contributed by atoms with Crippen LogP contribution in [0.2, 0.25) is 0 Å². The van der Waals surface area contributed by atoms with Gasteiger partial charge in [-0.3, -0.25) is 9.88 Å². The number of aryl methyl sites for hydroxylation is 1. The van der Waals surface area contributed by atoms with Crippen LogP contribution in [0.1, 0.15) is 17.5 Å². The van der Waals surface area contributed by atoms with E-state index in [4.69, 9.17) is 10.5 Å². The van der Waals surface area contributed by atoms with Crippen molar-refractivity contribution in [2.45, 2.75) is 19.4 Å². The van der Waals surface area contributed by atoms with Gasteiger partial charge in [-0.15, -0.1) is 0 Å². The summed E-state index contributed by atoms with van der Waals surface area (Å²) < 4.78 is 5.14. The average molecular weight is 298 g/mol. The summed E-state index contributed by atoms with van der Waals surface area (Å²) in [5.41, 5.74) is 9.43. The van der Waals surface area contributed by atoms with Crippen molar-refractivity contribution in [1.82, 2.24) is 9.97 Å². The van der Waals surface area contributed by atoms with Gasteiger partial charge in [-0.25, -0.2) is 9.78 Å². The Balaban J connectivity index is 1.97. The number of nitrogens with two attached hydrogens (primary N) is 1. The van der Waals surface area contributed by atoms with E-state index < -0.39 is 6.03 Å². The number of anilines is 1. The van der Waals surface area contributed by atoms with E-state index >= 15 is 0 Å². The number of fused-ring (bicyclic) bond motifs is 1. The Morgan fingerprint density at radius 3 is 2.91 bits per heavy atom. The third-order valence-corrected chi connectivity index (χ3v) is 3.73. The predicted octanol–water partition coefficient (Wildman–Crippen LogP) is 2.12. The summed E-state index contributed by atoms with van der Waals surface area (Å²) in [7, 11) is 1.66. The normalized spacial score (nSPS) is 13.8. The van der Waals surface area contributed by atoms with Gasteiger partial charge in [-0.1, -0.05) is 0 Å². The molecule has 2 N–H and O–H groups in total. The number of ether oxygens (including phenoxy) is 1. The van der Waals surface area contributed by atoms with E-state index in [1.807, 2.05) is 6.07 Å². The first kappa shape index (κ1) is 14.5. The fourth-order valence-electron chi connectivity index (χ4n) is 2.73. The average Bonchev–Trinajstić information content (AvgIpc) is 2.54. The second-order valence-electron chi connectivity index (χ2n) is 5.32. The SMILES string of the molecule is COCc1cncc(-c2cnc3c(c2)CCCN3C(N)=O)c1. The number of pyridine rings is 2. The van der Waals surface area contributed by atoms with Crippen LogP contribution in [0.25, 0.3) is 11.1 Å². The van der Waals surface area contributed by atoms with E-state index in [-0.39, 0.29) is 0 Å². The standard InChI is InChI=1S/C16H18N4O2/c1-22-10-11-5-13(8-18-7-11)14-6-12-3-2-4-20(16(17)21)15(12)19-9-14/h5-9H,2-4,10H2,1H3,(H2,17,21). The first-order valence-corrected chi connectivity index (χ1v) is 7.18. The molecule has 6 heteroatoms. The van der Waals surface area contributed by atoms with Crippen LogP contribution < -0.4 is 10.6 Å². The van der Waals surface area contributed by atoms with Gasteiger partial charge in [0.05, 0.1) is 6.61 Å². The van der Waals surface area contributed by atoms with Crippen LogP contribution in [0.4, 0.5) is 10.6 Å². The molecular weight excluding hydrogens is 280 g/mol. The molecule has 0 saturated heterocycles. The minimum absolute atomic E-state index is 0.454. The molecule has 2 aromatic rings. The number of urea groups is 1. The van der Waals surface area contributed by atoms with E-state index in [1.165, 1.54) is 4.90 Å². The van der Waals surface area contributed by atoms with Crippen LogP contribution in [-0.2, 0) is 17.8 Å². The molecule has 0 aliphatic carbocycles. The molecule has 0 spiro atoms. The fraction of sp³-hybridized carbons (Fsp3) is 0.312. The Morgan fingerprint density at radius 1 is 1.32 bits per heavy atom. The van der Waals surface area contributed by atoms with Gasteiger partial charge in [0.15, 0.2) is 0 Å². The molecule has 114 valence electrons. The highest BCUT2D eigenvalue weighted by Gasteiger charge is 2.22. The van der Waals surface area contributed by atoms with E-state index in [0.717, 1.165) is 35.1 Å². The van der Waals surface area contributed by atoms with Crippen molar-refractivity contribution >= 4 is 11.8 Å². The van der Waals surface area contributed by atoms with Gasteiger partial charge in [0.2, 0.25) is 0 Å². The molecule has 6 nitrogen and oxygen atoms in total. The van der Waals surface area contributed by atoms with Gasteiger partial charge in [0.25, 0.3) is 0 Å². The minimum Gasteiger partial charge on any atom is -0.380 e. The van der Waals surface area contributed by atoms with Gasteiger partial charge >= 0.3 is 6.03 Å². The number of primary amides is 1. The lowest BCUT2D eigenvalue weighted by Crippen LogP contribution is -2.40. The number of carbonyl (C=O) groups is 1. The molecule has 2 aromatic heterocycles. The van der Waals surface area contributed by atoms with Crippen molar-refractivity contribution in [1.29, 1.82) is 0 Å². The summed E-state index contributed by atoms with van der Waals surface area (Å²) in [5.74, 6) is 0.670. The summed E-state index contributed by atoms with van der Waals surface area (Å²) in [4.78, 5) is 21.7. The zero-order valence-corrected chi connectivity index (χ0v) is 12.5. The number of carbonyl (C=O) groups excluding carboxylic acids is 1. The van der Waals surface area contributed by atoms with Crippen molar-refractivity contribution in [2.24, 2.45) is 5.73 Å². The third-order valence-electron chi connectivity index (χ3n) is 3.73. The zero-order valence-electron chi connectivity index (χ0n) is 12.5. The molecule has 2 amide bonds. The molecule has 1 aliphatic rings. The van der Waals surface area contributed by atoms with E-state index in [9.17, 15) is 4.79 Å². The lowest BCUT2D eigenvalue weighted by Gasteiger charge is -2.26. The lowest BCUT2D eigenvalue weighted by molar-refractivity contribution is 0.184. The van der Waals surface area contributed by atoms with Crippen molar-refractivity contribution in [3.05, 3.63) is 41.9 Å². The molecule has 0 atom stereocenters. The second kappa shape index (κ2) is 6.11. The Hall–Kier alpha value is -2.47. The molecule has 0 radical (unpaired) electrons. The first-order chi connectivity index (χ1) is 10.7. The van der Waals surface area contributed by atoms with Gasteiger partial charge in [-0.2, -0.15) is 0 Å². The Morgan fingerprint density at radius 2 is 2.14 bits per heavy atom. The Kier molecular flexibility index (Phi) is 4.02. The van der Waals surface area contributed by atoms with E-state index in [1.54, 1.807) is 25.7 Å². The number of aromatic nitrogens is 2. The summed E-state index contributed by atoms with van der Waals surface area (Å²) in [5, 5.41) is 0. The molecule has 3 rings (SSSR count). The van der Waals surface area contributed by atoms with Gasteiger partial charge in [-0.05, 0) is 36.1 Å². The summed E-state index contributed by atoms with van der Waals surface area (Å²) in [6.45, 7) is 1.15. The molecule has 0 bridgehead atoms. The number of methoxy groups -OCH3 is 1. The molecule has 22 heavy (non-hydrogen) atoms. The maximum Gasteiger partial charge on any atom is 0.320 e. The Labute approximate surface area is 128 Å². The van der Waals surface area contributed by atoms with Crippen LogP contribution in [0.3, 0.4) is 0 Å². The zero-order chi connectivity index (χ0) is 15.5. The highest BCUT2D eigenvalue weighted by atomic mass is 16.5. The number of nitrogens with zero attached hydrogens (tertiary/aromatic N) is 3. The number of amides is 2. The van der Waals surface area contributed by atoms with Gasteiger partial charge < -0.3 is 10.5 Å². The lowest BCUT2D eigenvalue weighted by atomic mass is 10.0. The third kappa shape index (κ3) is 2.78. The van der Waals surface area contributed by atoms with Gasteiger partial charge in [0.1, 0.15) is 5.82 Å². The molecule has 0 saturated carbocycles. The van der Waals surface area contributed by atoms with Crippen LogP contribution in [0.5, 0.6) is 0 Å². The summed E-state index contributed by atoms with van der Waals surface area (Å²) >= 11 is 0. The number of rotatable bonds is 3. The van der Waals surface area contributed by atoms with Crippen molar-refractivity contribution in [2.75, 3.05) is 18.6 Å². The predicted molar refractivity (Wildman–Crippen MR) is 83.4 cm³/mol. The first-order valence-electron chi connectivity index (χ1n) is 7.18. The molecule has 0 aromatic carbocycles. The van der Waals surface area contributed by atoms with Crippen LogP contribution in [0, 0.1) is 0 Å². The van der Waals surface area contributed by atoms with Crippen molar-refractivity contribution in [3.63, 3.8) is 0 Å². The quantitative estimate of drug-likeness (QED) is 0.941. The Bertz CT molecular complexity index is 702. The maximum absolute atomic E-state index is 11.5. The molecule has 1 aliphatic heterocycles. The fourth-order valence-corrected chi connectivity index (χ4v) is 2.73. The van der Waals surface area contributed by atoms with Crippen LogP contribution in [-0.4, -0.2) is 29.7 Å². The second-order valence-corrected chi connectivity index (χ2v) is 5.32. The minimum atomic E-state index is -0.454. The maximum atomic E-state index is 11.5. The highest BCUT2D eigenvalue weighted by molar-refractivity contribution is 5.91.